The lowest BCUT2D eigenvalue weighted by Gasteiger charge is -2.25. The molecule has 4 heteroatoms. The molecule has 1 N–H and O–H groups in total. The van der Waals surface area contributed by atoms with Gasteiger partial charge in [-0.25, -0.2) is 0 Å². The number of thioether (sulfide) groups is 1. The van der Waals surface area contributed by atoms with Crippen molar-refractivity contribution < 1.29 is 4.74 Å². The summed E-state index contributed by atoms with van der Waals surface area (Å²) >= 11 is 5.53. The topological polar surface area (TPSA) is 21.3 Å². The molecule has 0 amide bonds. The van der Waals surface area contributed by atoms with E-state index in [0.29, 0.717) is 12.0 Å². The summed E-state index contributed by atoms with van der Waals surface area (Å²) in [5.41, 5.74) is 0. The average molecular weight is 360 g/mol. The second-order valence-corrected chi connectivity index (χ2v) is 6.98. The van der Waals surface area contributed by atoms with E-state index in [1.807, 2.05) is 11.8 Å². The third-order valence-corrected chi connectivity index (χ3v) is 5.52. The van der Waals surface area contributed by atoms with Gasteiger partial charge >= 0.3 is 0 Å². The number of nitrogens with one attached hydrogen (secondary N) is 1. The van der Waals surface area contributed by atoms with Crippen LogP contribution in [-0.2, 0) is 4.74 Å². The van der Waals surface area contributed by atoms with Crippen molar-refractivity contribution in [3.05, 3.63) is 28.7 Å². The Kier molecular flexibility index (Phi) is 9.61. The Morgan fingerprint density at radius 1 is 1.35 bits per heavy atom. The highest BCUT2D eigenvalue weighted by molar-refractivity contribution is 9.10. The quantitative estimate of drug-likeness (QED) is 0.617. The smallest absolute Gasteiger partial charge is 0.0465 e. The lowest BCUT2D eigenvalue weighted by Crippen LogP contribution is -2.38. The lowest BCUT2D eigenvalue weighted by molar-refractivity contribution is 0.172. The SMILES string of the molecule is CCCNC(CSc1ccccc1Br)C(C)CCOC. The predicted octanol–water partition coefficient (Wildman–Crippen LogP) is 4.58. The van der Waals surface area contributed by atoms with Crippen LogP contribution in [0, 0.1) is 5.92 Å². The summed E-state index contributed by atoms with van der Waals surface area (Å²) in [5, 5.41) is 3.68. The summed E-state index contributed by atoms with van der Waals surface area (Å²) in [6, 6.07) is 8.96. The minimum absolute atomic E-state index is 0.530. The maximum Gasteiger partial charge on any atom is 0.0465 e. The van der Waals surface area contributed by atoms with Gasteiger partial charge < -0.3 is 10.1 Å². The molecule has 2 atom stereocenters. The van der Waals surface area contributed by atoms with Crippen LogP contribution in [-0.4, -0.2) is 32.1 Å². The van der Waals surface area contributed by atoms with Crippen LogP contribution < -0.4 is 5.32 Å². The second kappa shape index (κ2) is 10.7. The molecule has 2 nitrogen and oxygen atoms in total. The van der Waals surface area contributed by atoms with Crippen LogP contribution in [0.5, 0.6) is 0 Å². The third kappa shape index (κ3) is 6.61. The molecule has 0 fully saturated rings. The van der Waals surface area contributed by atoms with Gasteiger partial charge in [0.2, 0.25) is 0 Å². The van der Waals surface area contributed by atoms with Crippen LogP contribution >= 0.6 is 27.7 Å². The fraction of sp³-hybridized carbons (Fsp3) is 0.625. The zero-order chi connectivity index (χ0) is 14.8. The maximum absolute atomic E-state index is 5.21. The zero-order valence-corrected chi connectivity index (χ0v) is 15.1. The van der Waals surface area contributed by atoms with E-state index in [9.17, 15) is 0 Å². The Labute approximate surface area is 136 Å². The monoisotopic (exact) mass is 359 g/mol. The van der Waals surface area contributed by atoms with Gasteiger partial charge in [-0.2, -0.15) is 0 Å². The van der Waals surface area contributed by atoms with Crippen LogP contribution in [0.2, 0.25) is 0 Å². The summed E-state index contributed by atoms with van der Waals surface area (Å²) in [7, 11) is 1.77. The number of benzene rings is 1. The van der Waals surface area contributed by atoms with E-state index in [1.54, 1.807) is 7.11 Å². The summed E-state index contributed by atoms with van der Waals surface area (Å²) < 4.78 is 6.39. The number of methoxy groups -OCH3 is 1. The molecule has 114 valence electrons. The van der Waals surface area contributed by atoms with Gasteiger partial charge in [0, 0.05) is 34.9 Å². The van der Waals surface area contributed by atoms with E-state index in [2.05, 4.69) is 59.4 Å². The normalized spacial score (nSPS) is 14.2. The Hall–Kier alpha value is -0.0300. The van der Waals surface area contributed by atoms with E-state index < -0.39 is 0 Å². The minimum atomic E-state index is 0.530. The van der Waals surface area contributed by atoms with Crippen molar-refractivity contribution in [2.75, 3.05) is 26.0 Å². The predicted molar refractivity (Wildman–Crippen MR) is 92.6 cm³/mol. The van der Waals surface area contributed by atoms with Crippen molar-refractivity contribution in [3.63, 3.8) is 0 Å². The van der Waals surface area contributed by atoms with Gasteiger partial charge in [0.05, 0.1) is 0 Å². The molecular weight excluding hydrogens is 334 g/mol. The first kappa shape index (κ1) is 18.0. The first-order valence-electron chi connectivity index (χ1n) is 7.28. The van der Waals surface area contributed by atoms with Gasteiger partial charge in [-0.1, -0.05) is 26.0 Å². The van der Waals surface area contributed by atoms with Crippen LogP contribution in [0.1, 0.15) is 26.7 Å². The third-order valence-electron chi connectivity index (χ3n) is 3.38. The van der Waals surface area contributed by atoms with Crippen molar-refractivity contribution >= 4 is 27.7 Å². The fourth-order valence-electron chi connectivity index (χ4n) is 2.00. The Morgan fingerprint density at radius 3 is 2.75 bits per heavy atom. The fourth-order valence-corrected chi connectivity index (χ4v) is 3.81. The van der Waals surface area contributed by atoms with E-state index in [-0.39, 0.29) is 0 Å². The first-order chi connectivity index (χ1) is 9.69. The highest BCUT2D eigenvalue weighted by atomic mass is 79.9. The largest absolute Gasteiger partial charge is 0.385 e. The van der Waals surface area contributed by atoms with E-state index >= 15 is 0 Å². The summed E-state index contributed by atoms with van der Waals surface area (Å²) in [6.45, 7) is 6.45. The molecule has 0 saturated heterocycles. The molecule has 0 aliphatic heterocycles. The number of halogens is 1. The lowest BCUT2D eigenvalue weighted by atomic mass is 10.00. The van der Waals surface area contributed by atoms with Crippen LogP contribution in [0.3, 0.4) is 0 Å². The van der Waals surface area contributed by atoms with Gasteiger partial charge in [-0.05, 0) is 53.4 Å². The molecule has 1 rings (SSSR count). The van der Waals surface area contributed by atoms with E-state index in [1.165, 1.54) is 15.8 Å². The maximum atomic E-state index is 5.21. The molecule has 0 bridgehead atoms. The Balaban J connectivity index is 2.53. The number of ether oxygens (including phenoxy) is 1. The molecule has 0 aliphatic carbocycles. The van der Waals surface area contributed by atoms with Crippen molar-refractivity contribution in [2.45, 2.75) is 37.6 Å². The molecule has 1 aromatic rings. The standard InChI is InChI=1S/C16H26BrNOS/c1-4-10-18-15(13(2)9-11-19-3)12-20-16-8-6-5-7-14(16)17/h5-8,13,15,18H,4,9-12H2,1-3H3. The Morgan fingerprint density at radius 2 is 2.10 bits per heavy atom. The zero-order valence-electron chi connectivity index (χ0n) is 12.7. The molecule has 0 spiro atoms. The van der Waals surface area contributed by atoms with Gasteiger partial charge in [-0.3, -0.25) is 0 Å². The molecule has 2 unspecified atom stereocenters. The van der Waals surface area contributed by atoms with Crippen LogP contribution in [0.25, 0.3) is 0 Å². The van der Waals surface area contributed by atoms with Gasteiger partial charge in [0.15, 0.2) is 0 Å². The van der Waals surface area contributed by atoms with Crippen molar-refractivity contribution in [3.8, 4) is 0 Å². The van der Waals surface area contributed by atoms with Crippen molar-refractivity contribution in [1.29, 1.82) is 0 Å². The molecule has 20 heavy (non-hydrogen) atoms. The van der Waals surface area contributed by atoms with Crippen molar-refractivity contribution in [1.82, 2.24) is 5.32 Å². The second-order valence-electron chi connectivity index (χ2n) is 5.06. The van der Waals surface area contributed by atoms with E-state index in [4.69, 9.17) is 4.74 Å². The molecule has 0 heterocycles. The van der Waals surface area contributed by atoms with Crippen LogP contribution in [0.15, 0.2) is 33.6 Å². The number of hydrogen-bond donors (Lipinski definition) is 1. The molecule has 0 aliphatic rings. The van der Waals surface area contributed by atoms with Gasteiger partial charge in [-0.15, -0.1) is 11.8 Å². The van der Waals surface area contributed by atoms with Crippen molar-refractivity contribution in [2.24, 2.45) is 5.92 Å². The summed E-state index contributed by atoms with van der Waals surface area (Å²) in [6.07, 6.45) is 2.28. The van der Waals surface area contributed by atoms with Gasteiger partial charge in [0.1, 0.15) is 0 Å². The van der Waals surface area contributed by atoms with Crippen LogP contribution in [0.4, 0.5) is 0 Å². The molecular formula is C16H26BrNOS. The molecule has 0 aromatic heterocycles. The average Bonchev–Trinajstić information content (AvgIpc) is 2.46. The molecule has 0 saturated carbocycles. The highest BCUT2D eigenvalue weighted by Crippen LogP contribution is 2.28. The Bertz CT molecular complexity index is 375. The van der Waals surface area contributed by atoms with E-state index in [0.717, 1.165) is 25.3 Å². The minimum Gasteiger partial charge on any atom is -0.385 e. The molecule has 1 aromatic carbocycles. The highest BCUT2D eigenvalue weighted by Gasteiger charge is 2.17. The summed E-state index contributed by atoms with van der Waals surface area (Å²) in [4.78, 5) is 1.31. The number of hydrogen-bond acceptors (Lipinski definition) is 3. The number of rotatable bonds is 10. The summed E-state index contributed by atoms with van der Waals surface area (Å²) in [5.74, 6) is 1.71. The van der Waals surface area contributed by atoms with Gasteiger partial charge in [0.25, 0.3) is 0 Å². The first-order valence-corrected chi connectivity index (χ1v) is 9.06. The molecule has 0 radical (unpaired) electrons.